The first-order valence-electron chi connectivity index (χ1n) is 7.30. The first kappa shape index (κ1) is 15.6. The van der Waals surface area contributed by atoms with Gasteiger partial charge in [0.2, 0.25) is 0 Å². The molecule has 3 N–H and O–H groups in total. The van der Waals surface area contributed by atoms with Gasteiger partial charge in [0.15, 0.2) is 5.65 Å². The van der Waals surface area contributed by atoms with Crippen molar-refractivity contribution >= 4 is 17.3 Å². The van der Waals surface area contributed by atoms with Crippen molar-refractivity contribution in [1.82, 2.24) is 14.6 Å². The van der Waals surface area contributed by atoms with Crippen molar-refractivity contribution in [2.45, 2.75) is 13.5 Å². The van der Waals surface area contributed by atoms with Gasteiger partial charge in [-0.1, -0.05) is 0 Å². The fourth-order valence-electron chi connectivity index (χ4n) is 2.50. The molecular weight excluding hydrogens is 311 g/mol. The number of anilines is 2. The number of hydrogen-bond donors (Lipinski definition) is 2. The van der Waals surface area contributed by atoms with Gasteiger partial charge in [0, 0.05) is 30.9 Å². The Kier molecular flexibility index (Phi) is 3.92. The van der Waals surface area contributed by atoms with Gasteiger partial charge in [-0.25, -0.2) is 13.9 Å². The third-order valence-corrected chi connectivity index (χ3v) is 3.73. The molecule has 7 nitrogen and oxygen atoms in total. The molecule has 2 aromatic heterocycles. The van der Waals surface area contributed by atoms with Gasteiger partial charge in [-0.3, -0.25) is 0 Å². The van der Waals surface area contributed by atoms with E-state index in [2.05, 4.69) is 10.1 Å². The van der Waals surface area contributed by atoms with Crippen LogP contribution < -0.4 is 10.6 Å². The Labute approximate surface area is 137 Å². The summed E-state index contributed by atoms with van der Waals surface area (Å²) < 4.78 is 15.4. The number of fused-ring (bicyclic) bond motifs is 1. The minimum absolute atomic E-state index is 0.124. The number of aromatic nitrogens is 3. The number of hydrogen-bond acceptors (Lipinski definition) is 6. The zero-order chi connectivity index (χ0) is 17.3. The number of rotatable bonds is 4. The number of nitrogen functional groups attached to an aromatic ring is 1. The summed E-state index contributed by atoms with van der Waals surface area (Å²) in [5, 5.41) is 23.2. The minimum Gasteiger partial charge on any atom is -0.508 e. The van der Waals surface area contributed by atoms with Gasteiger partial charge in [0.1, 0.15) is 29.3 Å². The highest BCUT2D eigenvalue weighted by Gasteiger charge is 2.17. The van der Waals surface area contributed by atoms with Gasteiger partial charge in [-0.15, -0.1) is 5.10 Å². The monoisotopic (exact) mass is 326 g/mol. The SMILES string of the molecule is CCN(Cc1c(O)ccc(F)c1C#N)c1ccn2nc(N)cc2n1. The lowest BCUT2D eigenvalue weighted by Crippen LogP contribution is -2.24. The van der Waals surface area contributed by atoms with E-state index in [0.717, 1.165) is 6.07 Å². The number of nitrogens with zero attached hydrogens (tertiary/aromatic N) is 5. The standard InChI is InChI=1S/C16H15FN6O/c1-2-22(9-11-10(8-18)12(17)3-4-13(11)24)15-5-6-23-16(20-15)7-14(19)21-23/h3-7,24H,2,9H2,1H3,(H2,19,21). The van der Waals surface area contributed by atoms with Crippen LogP contribution >= 0.6 is 0 Å². The second-order valence-electron chi connectivity index (χ2n) is 5.20. The highest BCUT2D eigenvalue weighted by atomic mass is 19.1. The number of phenols is 1. The lowest BCUT2D eigenvalue weighted by atomic mass is 10.1. The molecule has 1 aromatic carbocycles. The van der Waals surface area contributed by atoms with Crippen LogP contribution in [0.2, 0.25) is 0 Å². The Morgan fingerprint density at radius 2 is 2.21 bits per heavy atom. The van der Waals surface area contributed by atoms with Crippen LogP contribution in [-0.2, 0) is 6.54 Å². The molecule has 122 valence electrons. The fourth-order valence-corrected chi connectivity index (χ4v) is 2.50. The molecule has 8 heteroatoms. The molecule has 0 fully saturated rings. The zero-order valence-corrected chi connectivity index (χ0v) is 12.9. The van der Waals surface area contributed by atoms with Crippen LogP contribution in [0.1, 0.15) is 18.1 Å². The molecule has 0 amide bonds. The molecule has 0 spiro atoms. The van der Waals surface area contributed by atoms with Crippen LogP contribution in [0.5, 0.6) is 5.75 Å². The van der Waals surface area contributed by atoms with Crippen LogP contribution in [0, 0.1) is 17.1 Å². The van der Waals surface area contributed by atoms with Crippen molar-refractivity contribution in [2.75, 3.05) is 17.2 Å². The van der Waals surface area contributed by atoms with E-state index < -0.39 is 5.82 Å². The maximum Gasteiger partial charge on any atom is 0.159 e. The van der Waals surface area contributed by atoms with Crippen molar-refractivity contribution < 1.29 is 9.50 Å². The van der Waals surface area contributed by atoms with Crippen LogP contribution in [0.15, 0.2) is 30.5 Å². The summed E-state index contributed by atoms with van der Waals surface area (Å²) in [6.07, 6.45) is 1.72. The second-order valence-corrected chi connectivity index (χ2v) is 5.20. The molecule has 0 aliphatic carbocycles. The van der Waals surface area contributed by atoms with Gasteiger partial charge < -0.3 is 15.7 Å². The maximum atomic E-state index is 13.8. The maximum absolute atomic E-state index is 13.8. The number of benzene rings is 1. The van der Waals surface area contributed by atoms with E-state index >= 15 is 0 Å². The summed E-state index contributed by atoms with van der Waals surface area (Å²) in [4.78, 5) is 6.28. The van der Waals surface area contributed by atoms with E-state index in [1.165, 1.54) is 6.07 Å². The summed E-state index contributed by atoms with van der Waals surface area (Å²) >= 11 is 0. The topological polar surface area (TPSA) is 103 Å². The van der Waals surface area contributed by atoms with Crippen LogP contribution in [-0.4, -0.2) is 26.2 Å². The predicted octanol–water partition coefficient (Wildman–Crippen LogP) is 2.05. The number of aromatic hydroxyl groups is 1. The second kappa shape index (κ2) is 6.04. The predicted molar refractivity (Wildman–Crippen MR) is 86.9 cm³/mol. The molecule has 24 heavy (non-hydrogen) atoms. The largest absolute Gasteiger partial charge is 0.508 e. The van der Waals surface area contributed by atoms with E-state index in [1.54, 1.807) is 28.9 Å². The smallest absolute Gasteiger partial charge is 0.159 e. The Bertz CT molecular complexity index is 946. The highest BCUT2D eigenvalue weighted by molar-refractivity contribution is 5.54. The lowest BCUT2D eigenvalue weighted by molar-refractivity contribution is 0.464. The average Bonchev–Trinajstić information content (AvgIpc) is 2.94. The molecule has 0 saturated heterocycles. The summed E-state index contributed by atoms with van der Waals surface area (Å²) in [6.45, 7) is 2.60. The van der Waals surface area contributed by atoms with E-state index in [1.807, 2.05) is 11.8 Å². The molecule has 3 aromatic rings. The van der Waals surface area contributed by atoms with Gasteiger partial charge in [0.05, 0.1) is 5.56 Å². The third-order valence-electron chi connectivity index (χ3n) is 3.73. The summed E-state index contributed by atoms with van der Waals surface area (Å²) in [5.74, 6) is 0.184. The number of phenolic OH excluding ortho intramolecular Hbond substituents is 1. The fraction of sp³-hybridized carbons (Fsp3) is 0.188. The quantitative estimate of drug-likeness (QED) is 0.760. The number of nitrogens with two attached hydrogens (primary N) is 1. The highest BCUT2D eigenvalue weighted by Crippen LogP contribution is 2.26. The molecule has 0 aliphatic rings. The Balaban J connectivity index is 2.00. The molecule has 0 aliphatic heterocycles. The van der Waals surface area contributed by atoms with Crippen molar-refractivity contribution in [2.24, 2.45) is 0 Å². The normalized spacial score (nSPS) is 10.7. The Morgan fingerprint density at radius 3 is 2.92 bits per heavy atom. The summed E-state index contributed by atoms with van der Waals surface area (Å²) in [5.41, 5.74) is 6.29. The van der Waals surface area contributed by atoms with Crippen molar-refractivity contribution in [3.8, 4) is 11.8 Å². The summed E-state index contributed by atoms with van der Waals surface area (Å²) in [7, 11) is 0. The van der Waals surface area contributed by atoms with Crippen LogP contribution in [0.3, 0.4) is 0 Å². The molecule has 2 heterocycles. The van der Waals surface area contributed by atoms with Gasteiger partial charge in [0.25, 0.3) is 0 Å². The van der Waals surface area contributed by atoms with Crippen molar-refractivity contribution in [3.63, 3.8) is 0 Å². The Morgan fingerprint density at radius 1 is 1.42 bits per heavy atom. The van der Waals surface area contributed by atoms with E-state index in [0.29, 0.717) is 23.8 Å². The molecule has 0 bridgehead atoms. The van der Waals surface area contributed by atoms with E-state index in [4.69, 9.17) is 11.0 Å². The molecule has 0 saturated carbocycles. The van der Waals surface area contributed by atoms with Crippen molar-refractivity contribution in [3.05, 3.63) is 47.4 Å². The number of halogens is 1. The van der Waals surface area contributed by atoms with Crippen LogP contribution in [0.4, 0.5) is 16.0 Å². The first-order valence-corrected chi connectivity index (χ1v) is 7.30. The average molecular weight is 326 g/mol. The van der Waals surface area contributed by atoms with Gasteiger partial charge in [-0.05, 0) is 25.1 Å². The van der Waals surface area contributed by atoms with E-state index in [9.17, 15) is 9.50 Å². The molecule has 0 atom stereocenters. The minimum atomic E-state index is -0.659. The third kappa shape index (κ3) is 2.67. The number of nitriles is 1. The molecule has 3 rings (SSSR count). The Hall–Kier alpha value is -3.34. The zero-order valence-electron chi connectivity index (χ0n) is 12.9. The van der Waals surface area contributed by atoms with Gasteiger partial charge in [-0.2, -0.15) is 5.26 Å². The van der Waals surface area contributed by atoms with Gasteiger partial charge >= 0.3 is 0 Å². The molecule has 0 radical (unpaired) electrons. The molecule has 0 unspecified atom stereocenters. The van der Waals surface area contributed by atoms with E-state index in [-0.39, 0.29) is 23.4 Å². The first-order chi connectivity index (χ1) is 11.5. The lowest BCUT2D eigenvalue weighted by Gasteiger charge is -2.23. The van der Waals surface area contributed by atoms with Crippen LogP contribution in [0.25, 0.3) is 5.65 Å². The summed E-state index contributed by atoms with van der Waals surface area (Å²) in [6, 6.07) is 7.50. The van der Waals surface area contributed by atoms with Crippen molar-refractivity contribution in [1.29, 1.82) is 5.26 Å². The molecular formula is C16H15FN6O.